The molecule has 0 unspecified atom stereocenters. The number of benzene rings is 2. The second-order valence-corrected chi connectivity index (χ2v) is 7.59. The highest BCUT2D eigenvalue weighted by molar-refractivity contribution is 14.1. The van der Waals surface area contributed by atoms with Gasteiger partial charge in [-0.05, 0) is 75.5 Å². The van der Waals surface area contributed by atoms with Gasteiger partial charge in [0.25, 0.3) is 0 Å². The molecule has 0 bridgehead atoms. The van der Waals surface area contributed by atoms with Crippen molar-refractivity contribution in [1.29, 1.82) is 5.26 Å². The van der Waals surface area contributed by atoms with Crippen LogP contribution in [-0.2, 0) is 0 Å². The standard InChI is InChI=1S/C19H13I2N3O/c1-2-7-25-18-12(9-14(20)10-15(18)21)8-13(11-22)19-23-16-5-3-4-6-17(16)24-19/h2-6,8-10H,1,7H2,(H,23,24)/b13-8+. The Bertz CT molecular complexity index is 982. The zero-order valence-corrected chi connectivity index (χ0v) is 17.4. The second kappa shape index (κ2) is 8.01. The highest BCUT2D eigenvalue weighted by Gasteiger charge is 2.12. The van der Waals surface area contributed by atoms with E-state index in [1.54, 1.807) is 12.2 Å². The number of hydrogen-bond donors (Lipinski definition) is 1. The fourth-order valence-corrected chi connectivity index (χ4v) is 4.42. The monoisotopic (exact) mass is 553 g/mol. The Hall–Kier alpha value is -1.86. The number of aromatic nitrogens is 2. The summed E-state index contributed by atoms with van der Waals surface area (Å²) < 4.78 is 7.85. The van der Waals surface area contributed by atoms with Crippen LogP contribution in [0.3, 0.4) is 0 Å². The van der Waals surface area contributed by atoms with Crippen molar-refractivity contribution in [3.63, 3.8) is 0 Å². The minimum atomic E-state index is 0.407. The van der Waals surface area contributed by atoms with Crippen molar-refractivity contribution in [3.8, 4) is 11.8 Å². The molecule has 0 radical (unpaired) electrons. The Labute approximate surface area is 172 Å². The second-order valence-electron chi connectivity index (χ2n) is 5.18. The van der Waals surface area contributed by atoms with Gasteiger partial charge in [-0.1, -0.05) is 24.8 Å². The number of ether oxygens (including phenoxy) is 1. The molecule has 3 aromatic rings. The first-order chi connectivity index (χ1) is 12.1. The van der Waals surface area contributed by atoms with Crippen LogP contribution in [0.15, 0.2) is 49.1 Å². The van der Waals surface area contributed by atoms with Crippen LogP contribution in [-0.4, -0.2) is 16.6 Å². The number of halogens is 2. The lowest BCUT2D eigenvalue weighted by atomic mass is 10.1. The topological polar surface area (TPSA) is 61.7 Å². The molecule has 0 atom stereocenters. The van der Waals surface area contributed by atoms with Gasteiger partial charge in [0.15, 0.2) is 0 Å². The fraction of sp³-hybridized carbons (Fsp3) is 0.0526. The number of imidazole rings is 1. The summed E-state index contributed by atoms with van der Waals surface area (Å²) in [4.78, 5) is 7.71. The molecule has 1 N–H and O–H groups in total. The SMILES string of the molecule is C=CCOc1c(I)cc(I)cc1/C=C(\C#N)c1nc2ccccc2[nH]1. The summed E-state index contributed by atoms with van der Waals surface area (Å²) in [7, 11) is 0. The van der Waals surface area contributed by atoms with Crippen LogP contribution >= 0.6 is 45.2 Å². The van der Waals surface area contributed by atoms with Gasteiger partial charge in [0.05, 0.1) is 20.2 Å². The number of para-hydroxylation sites is 2. The summed E-state index contributed by atoms with van der Waals surface area (Å²) >= 11 is 4.49. The number of aromatic amines is 1. The van der Waals surface area contributed by atoms with Gasteiger partial charge in [-0.2, -0.15) is 5.26 Å². The predicted molar refractivity (Wildman–Crippen MR) is 117 cm³/mol. The lowest BCUT2D eigenvalue weighted by Crippen LogP contribution is -1.99. The van der Waals surface area contributed by atoms with E-state index < -0.39 is 0 Å². The molecule has 4 nitrogen and oxygen atoms in total. The first-order valence-corrected chi connectivity index (χ1v) is 9.57. The molecular formula is C19H13I2N3O. The van der Waals surface area contributed by atoms with Crippen LogP contribution in [0.1, 0.15) is 11.4 Å². The van der Waals surface area contributed by atoms with Gasteiger partial charge < -0.3 is 9.72 Å². The number of rotatable bonds is 5. The first kappa shape index (κ1) is 17.9. The van der Waals surface area contributed by atoms with Crippen molar-refractivity contribution >= 4 is 67.9 Å². The van der Waals surface area contributed by atoms with Crippen molar-refractivity contribution in [2.24, 2.45) is 0 Å². The van der Waals surface area contributed by atoms with E-state index in [-0.39, 0.29) is 0 Å². The lowest BCUT2D eigenvalue weighted by molar-refractivity contribution is 0.360. The molecule has 0 amide bonds. The van der Waals surface area contributed by atoms with Gasteiger partial charge in [0.2, 0.25) is 0 Å². The summed E-state index contributed by atoms with van der Waals surface area (Å²) in [5, 5.41) is 9.63. The molecule has 124 valence electrons. The largest absolute Gasteiger partial charge is 0.488 e. The van der Waals surface area contributed by atoms with Crippen molar-refractivity contribution in [3.05, 3.63) is 67.6 Å². The average molecular weight is 553 g/mol. The molecule has 1 heterocycles. The van der Waals surface area contributed by atoms with E-state index >= 15 is 0 Å². The fourth-order valence-electron chi connectivity index (χ4n) is 2.37. The van der Waals surface area contributed by atoms with Crippen molar-refractivity contribution < 1.29 is 4.74 Å². The van der Waals surface area contributed by atoms with Crippen molar-refractivity contribution in [2.45, 2.75) is 0 Å². The number of nitrogens with one attached hydrogen (secondary N) is 1. The maximum atomic E-state index is 9.63. The zero-order chi connectivity index (χ0) is 17.8. The summed E-state index contributed by atoms with van der Waals surface area (Å²) in [5.74, 6) is 1.29. The van der Waals surface area contributed by atoms with E-state index in [2.05, 4.69) is 67.8 Å². The van der Waals surface area contributed by atoms with Crippen molar-refractivity contribution in [1.82, 2.24) is 9.97 Å². The molecule has 0 aliphatic heterocycles. The Kier molecular flexibility index (Phi) is 5.75. The van der Waals surface area contributed by atoms with Gasteiger partial charge in [-0.15, -0.1) is 0 Å². The zero-order valence-electron chi connectivity index (χ0n) is 13.1. The summed E-state index contributed by atoms with van der Waals surface area (Å²) in [6.45, 7) is 4.10. The highest BCUT2D eigenvalue weighted by Crippen LogP contribution is 2.31. The van der Waals surface area contributed by atoms with E-state index in [1.165, 1.54) is 0 Å². The predicted octanol–water partition coefficient (Wildman–Crippen LogP) is 5.40. The summed E-state index contributed by atoms with van der Waals surface area (Å²) in [5.41, 5.74) is 3.03. The molecule has 2 aromatic carbocycles. The van der Waals surface area contributed by atoms with Crippen LogP contribution < -0.4 is 4.74 Å². The Morgan fingerprint density at radius 1 is 1.32 bits per heavy atom. The van der Waals surface area contributed by atoms with E-state index in [1.807, 2.05) is 36.4 Å². The van der Waals surface area contributed by atoms with E-state index in [0.29, 0.717) is 18.0 Å². The highest BCUT2D eigenvalue weighted by atomic mass is 127. The molecule has 0 fully saturated rings. The number of allylic oxidation sites excluding steroid dienone is 1. The van der Waals surface area contributed by atoms with Gasteiger partial charge in [0, 0.05) is 9.13 Å². The lowest BCUT2D eigenvalue weighted by Gasteiger charge is -2.11. The number of hydrogen-bond acceptors (Lipinski definition) is 3. The third kappa shape index (κ3) is 4.04. The molecule has 0 saturated heterocycles. The van der Waals surface area contributed by atoms with E-state index in [4.69, 9.17) is 4.74 Å². The van der Waals surface area contributed by atoms with Crippen LogP contribution in [0.5, 0.6) is 5.75 Å². The Morgan fingerprint density at radius 3 is 2.84 bits per heavy atom. The molecule has 25 heavy (non-hydrogen) atoms. The molecule has 0 aliphatic rings. The van der Waals surface area contributed by atoms with Gasteiger partial charge in [0.1, 0.15) is 24.3 Å². The Morgan fingerprint density at radius 2 is 2.12 bits per heavy atom. The van der Waals surface area contributed by atoms with Gasteiger partial charge >= 0.3 is 0 Å². The van der Waals surface area contributed by atoms with Crippen LogP contribution in [0.2, 0.25) is 0 Å². The van der Waals surface area contributed by atoms with E-state index in [0.717, 1.165) is 29.5 Å². The van der Waals surface area contributed by atoms with Gasteiger partial charge in [-0.3, -0.25) is 0 Å². The Balaban J connectivity index is 2.10. The minimum absolute atomic E-state index is 0.407. The van der Waals surface area contributed by atoms with Crippen molar-refractivity contribution in [2.75, 3.05) is 6.61 Å². The molecule has 1 aromatic heterocycles. The molecule has 0 aliphatic carbocycles. The average Bonchev–Trinajstić information content (AvgIpc) is 3.02. The summed E-state index contributed by atoms with van der Waals surface area (Å²) in [6, 6.07) is 14.0. The number of H-pyrrole nitrogens is 1. The third-order valence-corrected chi connectivity index (χ3v) is 4.87. The molecule has 3 rings (SSSR count). The molecule has 6 heteroatoms. The smallest absolute Gasteiger partial charge is 0.149 e. The molecule has 0 saturated carbocycles. The normalized spacial score (nSPS) is 11.3. The van der Waals surface area contributed by atoms with Crippen LogP contribution in [0, 0.1) is 18.5 Å². The summed E-state index contributed by atoms with van der Waals surface area (Å²) in [6.07, 6.45) is 3.51. The maximum Gasteiger partial charge on any atom is 0.149 e. The number of fused-ring (bicyclic) bond motifs is 1. The number of nitrogens with zero attached hydrogens (tertiary/aromatic N) is 2. The van der Waals surface area contributed by atoms with Gasteiger partial charge in [-0.25, -0.2) is 4.98 Å². The molecule has 0 spiro atoms. The maximum absolute atomic E-state index is 9.63. The van der Waals surface area contributed by atoms with Crippen LogP contribution in [0.4, 0.5) is 0 Å². The molecular weight excluding hydrogens is 540 g/mol. The minimum Gasteiger partial charge on any atom is -0.488 e. The third-order valence-electron chi connectivity index (χ3n) is 3.45. The first-order valence-electron chi connectivity index (χ1n) is 7.42. The van der Waals surface area contributed by atoms with Crippen LogP contribution in [0.25, 0.3) is 22.7 Å². The quantitative estimate of drug-likeness (QED) is 0.262. The number of nitriles is 1. The van der Waals surface area contributed by atoms with E-state index in [9.17, 15) is 5.26 Å².